The minimum atomic E-state index is -0.110. The van der Waals surface area contributed by atoms with E-state index >= 15 is 0 Å². The monoisotopic (exact) mass is 444 g/mol. The molecule has 0 N–H and O–H groups in total. The summed E-state index contributed by atoms with van der Waals surface area (Å²) in [5.41, 5.74) is 3.62. The van der Waals surface area contributed by atoms with E-state index < -0.39 is 0 Å². The molecule has 3 heterocycles. The third-order valence-electron chi connectivity index (χ3n) is 5.77. The predicted octanol–water partition coefficient (Wildman–Crippen LogP) is 3.26. The van der Waals surface area contributed by atoms with Gasteiger partial charge in [0.1, 0.15) is 0 Å². The standard InChI is InChI=1S/C22H20N8OS/c1-13-7-10-17(14(2)11-13)28-20(31)16-5-3-4-6-18(16)29-21(28)24-25-22(29)32-12-19-23-26-27-30(19)15-8-9-15/h3-7,10-11,15H,8-9,12H2,1-2H3. The molecule has 6 rings (SSSR count). The van der Waals surface area contributed by atoms with Gasteiger partial charge in [0, 0.05) is 0 Å². The van der Waals surface area contributed by atoms with Crippen molar-refractivity contribution in [2.24, 2.45) is 0 Å². The highest BCUT2D eigenvalue weighted by Gasteiger charge is 2.28. The van der Waals surface area contributed by atoms with E-state index in [9.17, 15) is 4.79 Å². The Bertz CT molecular complexity index is 1550. The van der Waals surface area contributed by atoms with Crippen LogP contribution in [-0.4, -0.2) is 39.4 Å². The Labute approximate surface area is 187 Å². The van der Waals surface area contributed by atoms with Crippen LogP contribution in [0.25, 0.3) is 22.4 Å². The molecule has 0 amide bonds. The second-order valence-electron chi connectivity index (χ2n) is 8.13. The summed E-state index contributed by atoms with van der Waals surface area (Å²) in [6, 6.07) is 14.0. The second-order valence-corrected chi connectivity index (χ2v) is 9.07. The first-order chi connectivity index (χ1) is 15.6. The average molecular weight is 445 g/mol. The first-order valence-corrected chi connectivity index (χ1v) is 11.5. The van der Waals surface area contributed by atoms with Crippen LogP contribution in [-0.2, 0) is 5.75 Å². The highest BCUT2D eigenvalue weighted by molar-refractivity contribution is 7.98. The van der Waals surface area contributed by atoms with Gasteiger partial charge in [-0.3, -0.25) is 9.20 Å². The predicted molar refractivity (Wildman–Crippen MR) is 121 cm³/mol. The molecule has 0 aliphatic heterocycles. The SMILES string of the molecule is Cc1ccc(-n2c(=O)c3ccccc3n3c(SCc4nnnn4C4CC4)nnc23)c(C)c1. The number of hydrogen-bond acceptors (Lipinski definition) is 7. The zero-order chi connectivity index (χ0) is 21.8. The van der Waals surface area contributed by atoms with Crippen molar-refractivity contribution < 1.29 is 0 Å². The van der Waals surface area contributed by atoms with E-state index in [-0.39, 0.29) is 5.56 Å². The Hall–Kier alpha value is -3.53. The maximum atomic E-state index is 13.5. The fourth-order valence-electron chi connectivity index (χ4n) is 4.08. The van der Waals surface area contributed by atoms with E-state index in [1.807, 2.05) is 59.3 Å². The van der Waals surface area contributed by atoms with Gasteiger partial charge in [-0.05, 0) is 60.9 Å². The summed E-state index contributed by atoms with van der Waals surface area (Å²) in [5.74, 6) is 1.88. The number of benzene rings is 2. The van der Waals surface area contributed by atoms with Gasteiger partial charge in [-0.15, -0.1) is 15.3 Å². The van der Waals surface area contributed by atoms with Crippen molar-refractivity contribution in [3.05, 3.63) is 69.8 Å². The third-order valence-corrected chi connectivity index (χ3v) is 6.70. The first-order valence-electron chi connectivity index (χ1n) is 10.5. The van der Waals surface area contributed by atoms with Crippen LogP contribution in [0.2, 0.25) is 0 Å². The molecule has 1 fully saturated rings. The fraction of sp³-hybridized carbons (Fsp3) is 0.273. The largest absolute Gasteiger partial charge is 0.268 e. The van der Waals surface area contributed by atoms with Crippen molar-refractivity contribution >= 4 is 28.4 Å². The third kappa shape index (κ3) is 3.01. The van der Waals surface area contributed by atoms with E-state index in [4.69, 9.17) is 0 Å². The van der Waals surface area contributed by atoms with Crippen LogP contribution >= 0.6 is 11.8 Å². The lowest BCUT2D eigenvalue weighted by atomic mass is 10.1. The molecule has 0 spiro atoms. The number of fused-ring (bicyclic) bond motifs is 3. The van der Waals surface area contributed by atoms with Gasteiger partial charge < -0.3 is 0 Å². The molecule has 3 aromatic heterocycles. The van der Waals surface area contributed by atoms with Crippen molar-refractivity contribution in [2.75, 3.05) is 0 Å². The first kappa shape index (κ1) is 19.2. The van der Waals surface area contributed by atoms with Crippen molar-refractivity contribution in [3.8, 4) is 5.69 Å². The molecule has 0 radical (unpaired) electrons. The molecule has 32 heavy (non-hydrogen) atoms. The van der Waals surface area contributed by atoms with Gasteiger partial charge in [0.2, 0.25) is 5.78 Å². The van der Waals surface area contributed by atoms with Gasteiger partial charge in [0.05, 0.1) is 28.4 Å². The Morgan fingerprint density at radius 3 is 2.72 bits per heavy atom. The highest BCUT2D eigenvalue weighted by Crippen LogP contribution is 2.35. The minimum Gasteiger partial charge on any atom is -0.268 e. The molecule has 2 aromatic carbocycles. The van der Waals surface area contributed by atoms with E-state index in [1.54, 1.807) is 4.57 Å². The molecule has 0 unspecified atom stereocenters. The average Bonchev–Trinajstić information content (AvgIpc) is 3.37. The Morgan fingerprint density at radius 2 is 1.91 bits per heavy atom. The maximum Gasteiger partial charge on any atom is 0.267 e. The topological polar surface area (TPSA) is 95.8 Å². The van der Waals surface area contributed by atoms with E-state index in [1.165, 1.54) is 11.8 Å². The summed E-state index contributed by atoms with van der Waals surface area (Å²) in [7, 11) is 0. The van der Waals surface area contributed by atoms with Crippen LogP contribution in [0.4, 0.5) is 0 Å². The molecule has 0 atom stereocenters. The van der Waals surface area contributed by atoms with Crippen molar-refractivity contribution in [1.82, 2.24) is 39.4 Å². The van der Waals surface area contributed by atoms with Crippen LogP contribution in [0.5, 0.6) is 0 Å². The summed E-state index contributed by atoms with van der Waals surface area (Å²) < 4.78 is 5.51. The molecule has 0 saturated heterocycles. The van der Waals surface area contributed by atoms with Crippen molar-refractivity contribution in [1.29, 1.82) is 0 Å². The lowest BCUT2D eigenvalue weighted by Crippen LogP contribution is -2.22. The molecule has 1 aliphatic carbocycles. The lowest BCUT2D eigenvalue weighted by molar-refractivity contribution is 0.593. The number of aryl methyl sites for hydroxylation is 2. The number of hydrogen-bond donors (Lipinski definition) is 0. The summed E-state index contributed by atoms with van der Waals surface area (Å²) in [5, 5.41) is 22.3. The van der Waals surface area contributed by atoms with Gasteiger partial charge in [0.15, 0.2) is 11.0 Å². The maximum absolute atomic E-state index is 13.5. The Balaban J connectivity index is 1.53. The van der Waals surface area contributed by atoms with Crippen LogP contribution in [0.1, 0.15) is 35.8 Å². The van der Waals surface area contributed by atoms with Crippen LogP contribution in [0, 0.1) is 13.8 Å². The molecule has 1 aliphatic rings. The Morgan fingerprint density at radius 1 is 1.06 bits per heavy atom. The van der Waals surface area contributed by atoms with Gasteiger partial charge in [-0.2, -0.15) is 0 Å². The smallest absolute Gasteiger partial charge is 0.267 e. The lowest BCUT2D eigenvalue weighted by Gasteiger charge is -2.13. The zero-order valence-electron chi connectivity index (χ0n) is 17.6. The summed E-state index contributed by atoms with van der Waals surface area (Å²) in [4.78, 5) is 13.5. The van der Waals surface area contributed by atoms with E-state index in [0.29, 0.717) is 28.1 Å². The number of rotatable bonds is 5. The van der Waals surface area contributed by atoms with Crippen molar-refractivity contribution in [3.63, 3.8) is 0 Å². The second kappa shape index (κ2) is 7.27. The van der Waals surface area contributed by atoms with Gasteiger partial charge in [-0.1, -0.05) is 41.6 Å². The molecular formula is C22H20N8OS. The Kier molecular flexibility index (Phi) is 4.35. The summed E-state index contributed by atoms with van der Waals surface area (Å²) in [6.07, 6.45) is 2.23. The van der Waals surface area contributed by atoms with Crippen molar-refractivity contribution in [2.45, 2.75) is 43.6 Å². The molecule has 10 heteroatoms. The van der Waals surface area contributed by atoms with Crippen LogP contribution in [0.3, 0.4) is 0 Å². The van der Waals surface area contributed by atoms with E-state index in [2.05, 4.69) is 31.8 Å². The van der Waals surface area contributed by atoms with Crippen LogP contribution in [0.15, 0.2) is 52.4 Å². The van der Waals surface area contributed by atoms with Gasteiger partial charge >= 0.3 is 0 Å². The summed E-state index contributed by atoms with van der Waals surface area (Å²) in [6.45, 7) is 4.04. The summed E-state index contributed by atoms with van der Waals surface area (Å²) >= 11 is 1.52. The molecular weight excluding hydrogens is 424 g/mol. The molecule has 5 aromatic rings. The molecule has 9 nitrogen and oxygen atoms in total. The normalized spacial score (nSPS) is 13.9. The van der Waals surface area contributed by atoms with Gasteiger partial charge in [-0.25, -0.2) is 9.25 Å². The van der Waals surface area contributed by atoms with Crippen LogP contribution < -0.4 is 5.56 Å². The zero-order valence-corrected chi connectivity index (χ0v) is 18.5. The quantitative estimate of drug-likeness (QED) is 0.384. The number of para-hydroxylation sites is 1. The van der Waals surface area contributed by atoms with Gasteiger partial charge in [0.25, 0.3) is 5.56 Å². The number of aromatic nitrogens is 8. The number of thioether (sulfide) groups is 1. The molecule has 0 bridgehead atoms. The van der Waals surface area contributed by atoms with E-state index in [0.717, 1.165) is 41.0 Å². The fourth-order valence-corrected chi connectivity index (χ4v) is 4.94. The molecule has 1 saturated carbocycles. The number of nitrogens with zero attached hydrogens (tertiary/aromatic N) is 8. The minimum absolute atomic E-state index is 0.110. The molecule has 160 valence electrons. The number of tetrazole rings is 1. The highest BCUT2D eigenvalue weighted by atomic mass is 32.2.